The summed E-state index contributed by atoms with van der Waals surface area (Å²) in [6.45, 7) is 1.83. The second-order valence-corrected chi connectivity index (χ2v) is 6.42. The van der Waals surface area contributed by atoms with E-state index in [2.05, 4.69) is 0 Å². The van der Waals surface area contributed by atoms with Crippen LogP contribution in [0.1, 0.15) is 19.3 Å². The van der Waals surface area contributed by atoms with Crippen LogP contribution in [0.4, 0.5) is 0 Å². The lowest BCUT2D eigenvalue weighted by Crippen LogP contribution is -2.36. The molecule has 0 unspecified atom stereocenters. The van der Waals surface area contributed by atoms with Gasteiger partial charge < -0.3 is 9.47 Å². The molecule has 0 aliphatic rings. The van der Waals surface area contributed by atoms with E-state index < -0.39 is 10.0 Å². The van der Waals surface area contributed by atoms with Crippen LogP contribution in [0.2, 0.25) is 0 Å². The fraction of sp³-hybridized carbons (Fsp3) is 1.00. The molecule has 0 fully saturated rings. The molecular weight excluding hydrogens is 278 g/mol. The molecule has 0 aliphatic heterocycles. The van der Waals surface area contributed by atoms with Crippen molar-refractivity contribution in [3.63, 3.8) is 0 Å². The molecule has 0 heterocycles. The highest BCUT2D eigenvalue weighted by Gasteiger charge is 2.20. The van der Waals surface area contributed by atoms with Crippen LogP contribution in [-0.2, 0) is 19.5 Å². The maximum atomic E-state index is 12.1. The molecule has 0 N–H and O–H groups in total. The highest BCUT2D eigenvalue weighted by atomic mass is 35.5. The van der Waals surface area contributed by atoms with Crippen molar-refractivity contribution in [1.82, 2.24) is 4.31 Å². The van der Waals surface area contributed by atoms with Crippen LogP contribution < -0.4 is 0 Å². The van der Waals surface area contributed by atoms with Crippen LogP contribution in [0.25, 0.3) is 0 Å². The number of rotatable bonds is 12. The average molecular weight is 302 g/mol. The zero-order valence-electron chi connectivity index (χ0n) is 11.2. The van der Waals surface area contributed by atoms with Crippen LogP contribution in [0, 0.1) is 0 Å². The van der Waals surface area contributed by atoms with Gasteiger partial charge in [-0.2, -0.15) is 4.31 Å². The maximum absolute atomic E-state index is 12.1. The van der Waals surface area contributed by atoms with Gasteiger partial charge in [-0.25, -0.2) is 8.42 Å². The molecule has 0 rings (SSSR count). The van der Waals surface area contributed by atoms with E-state index in [-0.39, 0.29) is 5.75 Å². The smallest absolute Gasteiger partial charge is 0.214 e. The Kier molecular flexibility index (Phi) is 11.1. The van der Waals surface area contributed by atoms with E-state index in [0.717, 1.165) is 6.42 Å². The average Bonchev–Trinajstić information content (AvgIpc) is 2.33. The zero-order chi connectivity index (χ0) is 13.9. The SMILES string of the molecule is COCCCN(CCOC)S(=O)(=O)CCCCCl. The van der Waals surface area contributed by atoms with E-state index in [1.54, 1.807) is 14.2 Å². The first-order chi connectivity index (χ1) is 8.58. The van der Waals surface area contributed by atoms with Gasteiger partial charge in [0.15, 0.2) is 0 Å². The summed E-state index contributed by atoms with van der Waals surface area (Å²) in [5, 5.41) is 0. The molecule has 0 atom stereocenters. The van der Waals surface area contributed by atoms with Gasteiger partial charge in [-0.15, -0.1) is 11.6 Å². The van der Waals surface area contributed by atoms with Crippen molar-refractivity contribution in [1.29, 1.82) is 0 Å². The van der Waals surface area contributed by atoms with Crippen molar-refractivity contribution >= 4 is 21.6 Å². The number of sulfonamides is 1. The van der Waals surface area contributed by atoms with Gasteiger partial charge in [0, 0.05) is 39.8 Å². The van der Waals surface area contributed by atoms with Gasteiger partial charge in [0.25, 0.3) is 0 Å². The number of nitrogens with zero attached hydrogens (tertiary/aromatic N) is 1. The molecular formula is C11H24ClNO4S. The summed E-state index contributed by atoms with van der Waals surface area (Å²) in [7, 11) is -0.0396. The predicted octanol–water partition coefficient (Wildman–Crippen LogP) is 1.32. The van der Waals surface area contributed by atoms with Crippen molar-refractivity contribution in [2.24, 2.45) is 0 Å². The number of hydrogen-bond acceptors (Lipinski definition) is 4. The summed E-state index contributed by atoms with van der Waals surface area (Å²) in [5.74, 6) is 0.647. The number of ether oxygens (including phenoxy) is 2. The quantitative estimate of drug-likeness (QED) is 0.403. The molecule has 0 spiro atoms. The van der Waals surface area contributed by atoms with Crippen LogP contribution >= 0.6 is 11.6 Å². The zero-order valence-corrected chi connectivity index (χ0v) is 12.8. The minimum Gasteiger partial charge on any atom is -0.385 e. The Bertz CT molecular complexity index is 285. The van der Waals surface area contributed by atoms with Gasteiger partial charge in [0.1, 0.15) is 0 Å². The molecule has 0 bridgehead atoms. The molecule has 110 valence electrons. The highest BCUT2D eigenvalue weighted by molar-refractivity contribution is 7.89. The van der Waals surface area contributed by atoms with Crippen molar-refractivity contribution < 1.29 is 17.9 Å². The number of hydrogen-bond donors (Lipinski definition) is 0. The molecule has 5 nitrogen and oxygen atoms in total. The largest absolute Gasteiger partial charge is 0.385 e. The fourth-order valence-corrected chi connectivity index (χ4v) is 3.25. The van der Waals surface area contributed by atoms with E-state index in [4.69, 9.17) is 21.1 Å². The van der Waals surface area contributed by atoms with Crippen LogP contribution in [0.3, 0.4) is 0 Å². The van der Waals surface area contributed by atoms with E-state index in [1.165, 1.54) is 4.31 Å². The number of unbranched alkanes of at least 4 members (excludes halogenated alkanes) is 1. The standard InChI is InChI=1S/C11H24ClNO4S/c1-16-9-5-7-13(8-10-17-2)18(14,15)11-4-3-6-12/h3-11H2,1-2H3. The van der Waals surface area contributed by atoms with Crippen LogP contribution in [0.5, 0.6) is 0 Å². The molecule has 0 saturated heterocycles. The first-order valence-electron chi connectivity index (χ1n) is 6.10. The minimum absolute atomic E-state index is 0.149. The highest BCUT2D eigenvalue weighted by Crippen LogP contribution is 2.07. The Balaban J connectivity index is 4.30. The van der Waals surface area contributed by atoms with Crippen molar-refractivity contribution in [3.8, 4) is 0 Å². The Morgan fingerprint density at radius 2 is 1.67 bits per heavy atom. The van der Waals surface area contributed by atoms with E-state index in [1.807, 2.05) is 0 Å². The third-order valence-corrected chi connectivity index (χ3v) is 4.70. The summed E-state index contributed by atoms with van der Waals surface area (Å²) in [6.07, 6.45) is 2.01. The first-order valence-corrected chi connectivity index (χ1v) is 8.24. The summed E-state index contributed by atoms with van der Waals surface area (Å²) >= 11 is 5.55. The Morgan fingerprint density at radius 1 is 1.00 bits per heavy atom. The molecule has 18 heavy (non-hydrogen) atoms. The number of methoxy groups -OCH3 is 2. The third kappa shape index (κ3) is 8.26. The van der Waals surface area contributed by atoms with Gasteiger partial charge in [0.05, 0.1) is 12.4 Å². The Labute approximate surface area is 115 Å². The Hall–Kier alpha value is 0.120. The molecule has 7 heteroatoms. The molecule has 0 aromatic heterocycles. The van der Waals surface area contributed by atoms with Crippen LogP contribution in [0.15, 0.2) is 0 Å². The van der Waals surface area contributed by atoms with E-state index in [0.29, 0.717) is 45.0 Å². The van der Waals surface area contributed by atoms with Gasteiger partial charge >= 0.3 is 0 Å². The second-order valence-electron chi connectivity index (χ2n) is 3.95. The van der Waals surface area contributed by atoms with E-state index >= 15 is 0 Å². The summed E-state index contributed by atoms with van der Waals surface area (Å²) in [5.41, 5.74) is 0. The topological polar surface area (TPSA) is 55.8 Å². The van der Waals surface area contributed by atoms with Gasteiger partial charge in [-0.1, -0.05) is 0 Å². The summed E-state index contributed by atoms with van der Waals surface area (Å²) in [4.78, 5) is 0. The van der Waals surface area contributed by atoms with Crippen LogP contribution in [-0.4, -0.2) is 64.9 Å². The molecule has 0 aromatic rings. The number of halogens is 1. The molecule has 0 aromatic carbocycles. The lowest BCUT2D eigenvalue weighted by Gasteiger charge is -2.21. The molecule has 0 amide bonds. The van der Waals surface area contributed by atoms with E-state index in [9.17, 15) is 8.42 Å². The lowest BCUT2D eigenvalue weighted by molar-refractivity contribution is 0.164. The molecule has 0 saturated carbocycles. The lowest BCUT2D eigenvalue weighted by atomic mass is 10.4. The predicted molar refractivity (Wildman–Crippen MR) is 73.7 cm³/mol. The fourth-order valence-electron chi connectivity index (χ4n) is 1.48. The van der Waals surface area contributed by atoms with Gasteiger partial charge in [-0.3, -0.25) is 0 Å². The second kappa shape index (κ2) is 11.0. The van der Waals surface area contributed by atoms with Crippen molar-refractivity contribution in [2.45, 2.75) is 19.3 Å². The maximum Gasteiger partial charge on any atom is 0.214 e. The summed E-state index contributed by atoms with van der Waals surface area (Å²) < 4.78 is 35.5. The molecule has 0 radical (unpaired) electrons. The van der Waals surface area contributed by atoms with Crippen molar-refractivity contribution in [3.05, 3.63) is 0 Å². The number of alkyl halides is 1. The normalized spacial score (nSPS) is 12.2. The monoisotopic (exact) mass is 301 g/mol. The minimum atomic E-state index is -3.21. The van der Waals surface area contributed by atoms with Gasteiger partial charge in [-0.05, 0) is 19.3 Å². The van der Waals surface area contributed by atoms with Gasteiger partial charge in [0.2, 0.25) is 10.0 Å². The molecule has 0 aliphatic carbocycles. The first kappa shape index (κ1) is 18.1. The third-order valence-electron chi connectivity index (χ3n) is 2.48. The summed E-state index contributed by atoms with van der Waals surface area (Å²) in [6, 6.07) is 0. The van der Waals surface area contributed by atoms with Crippen molar-refractivity contribution in [2.75, 3.05) is 52.2 Å². The Morgan fingerprint density at radius 3 is 2.22 bits per heavy atom.